The van der Waals surface area contributed by atoms with Crippen LogP contribution in [0.4, 0.5) is 0 Å². The van der Waals surface area contributed by atoms with Crippen molar-refractivity contribution in [2.75, 3.05) is 6.54 Å². The number of hydrogen-bond acceptors (Lipinski definition) is 4. The summed E-state index contributed by atoms with van der Waals surface area (Å²) >= 11 is 0. The Hall–Kier alpha value is -2.36. The molecule has 0 aliphatic rings. The summed E-state index contributed by atoms with van der Waals surface area (Å²) in [5, 5.41) is 18.3. The number of nitrogens with one attached hydrogen (secondary N) is 1. The fraction of sp³-hybridized carbons (Fsp3) is 0.400. The molecule has 0 saturated heterocycles. The van der Waals surface area contributed by atoms with Crippen molar-refractivity contribution in [2.24, 2.45) is 0 Å². The van der Waals surface area contributed by atoms with Crippen molar-refractivity contribution in [1.29, 1.82) is 0 Å². The van der Waals surface area contributed by atoms with Crippen LogP contribution < -0.4 is 5.32 Å². The summed E-state index contributed by atoms with van der Waals surface area (Å²) in [6.45, 7) is 0.716. The second-order valence-electron chi connectivity index (χ2n) is 3.23. The predicted molar refractivity (Wildman–Crippen MR) is 58.1 cm³/mol. The molecule has 7 nitrogen and oxygen atoms in total. The van der Waals surface area contributed by atoms with Gasteiger partial charge in [-0.05, 0) is 0 Å². The van der Waals surface area contributed by atoms with Gasteiger partial charge in [0.15, 0.2) is 5.69 Å². The molecule has 17 heavy (non-hydrogen) atoms. The van der Waals surface area contributed by atoms with Crippen molar-refractivity contribution in [3.63, 3.8) is 0 Å². The largest absolute Gasteiger partial charge is 0.476 e. The Kier molecular flexibility index (Phi) is 4.69. The molecular formula is C10H12N4O3. The lowest BCUT2D eigenvalue weighted by molar-refractivity contribution is -0.121. The number of carboxylic acids is 1. The first-order valence-corrected chi connectivity index (χ1v) is 4.97. The Morgan fingerprint density at radius 3 is 2.94 bits per heavy atom. The second kappa shape index (κ2) is 6.27. The number of aromatic nitrogens is 3. The molecule has 1 rings (SSSR count). The average molecular weight is 236 g/mol. The molecule has 0 aliphatic heterocycles. The summed E-state index contributed by atoms with van der Waals surface area (Å²) in [6, 6.07) is 0. The summed E-state index contributed by atoms with van der Waals surface area (Å²) in [6.07, 6.45) is 7.01. The maximum absolute atomic E-state index is 11.2. The predicted octanol–water partition coefficient (Wildman–Crippen LogP) is -0.494. The van der Waals surface area contributed by atoms with Crippen LogP contribution in [0.1, 0.15) is 23.3 Å². The molecule has 0 saturated carbocycles. The standard InChI is InChI=1S/C10H12N4O3/c1-2-3-4-9(15)11-5-6-14-7-8(10(16)17)12-13-14/h1,7H,3-6H2,(H,11,15)(H,16,17). The number of rotatable bonds is 6. The van der Waals surface area contributed by atoms with Crippen molar-refractivity contribution in [3.05, 3.63) is 11.9 Å². The topological polar surface area (TPSA) is 97.1 Å². The summed E-state index contributed by atoms with van der Waals surface area (Å²) < 4.78 is 1.35. The number of hydrogen-bond donors (Lipinski definition) is 2. The first kappa shape index (κ1) is 12.7. The second-order valence-corrected chi connectivity index (χ2v) is 3.23. The minimum Gasteiger partial charge on any atom is -0.476 e. The van der Waals surface area contributed by atoms with E-state index in [4.69, 9.17) is 11.5 Å². The minimum absolute atomic E-state index is 0.122. The van der Waals surface area contributed by atoms with Gasteiger partial charge in [0, 0.05) is 19.4 Å². The SMILES string of the molecule is C#CCCC(=O)NCCn1cc(C(=O)O)nn1. The van der Waals surface area contributed by atoms with Gasteiger partial charge in [-0.1, -0.05) is 5.21 Å². The Morgan fingerprint density at radius 1 is 1.59 bits per heavy atom. The van der Waals surface area contributed by atoms with Crippen molar-refractivity contribution < 1.29 is 14.7 Å². The van der Waals surface area contributed by atoms with E-state index in [-0.39, 0.29) is 18.0 Å². The minimum atomic E-state index is -1.13. The quantitative estimate of drug-likeness (QED) is 0.649. The van der Waals surface area contributed by atoms with Gasteiger partial charge in [0.25, 0.3) is 0 Å². The number of carboxylic acid groups (broad SMARTS) is 1. The van der Waals surface area contributed by atoms with Gasteiger partial charge in [-0.15, -0.1) is 17.4 Å². The van der Waals surface area contributed by atoms with Crippen LogP contribution in [0.2, 0.25) is 0 Å². The fourth-order valence-corrected chi connectivity index (χ4v) is 1.09. The van der Waals surface area contributed by atoms with E-state index >= 15 is 0 Å². The van der Waals surface area contributed by atoms with Gasteiger partial charge in [0.2, 0.25) is 5.91 Å². The van der Waals surface area contributed by atoms with Crippen molar-refractivity contribution in [3.8, 4) is 12.3 Å². The lowest BCUT2D eigenvalue weighted by atomic mass is 10.3. The molecule has 0 bridgehead atoms. The Bertz CT molecular complexity index is 447. The Balaban J connectivity index is 2.29. The third kappa shape index (κ3) is 4.34. The molecule has 0 aromatic carbocycles. The number of terminal acetylenes is 1. The zero-order valence-electron chi connectivity index (χ0n) is 9.09. The monoisotopic (exact) mass is 236 g/mol. The first-order valence-electron chi connectivity index (χ1n) is 4.97. The third-order valence-electron chi connectivity index (χ3n) is 1.92. The van der Waals surface area contributed by atoms with E-state index in [1.54, 1.807) is 0 Å². The van der Waals surface area contributed by atoms with Crippen LogP contribution >= 0.6 is 0 Å². The zero-order chi connectivity index (χ0) is 12.7. The lowest BCUT2D eigenvalue weighted by Crippen LogP contribution is -2.27. The maximum atomic E-state index is 11.2. The van der Waals surface area contributed by atoms with Gasteiger partial charge in [-0.3, -0.25) is 4.79 Å². The highest BCUT2D eigenvalue weighted by atomic mass is 16.4. The van der Waals surface area contributed by atoms with Crippen LogP contribution in [-0.4, -0.2) is 38.5 Å². The van der Waals surface area contributed by atoms with Gasteiger partial charge >= 0.3 is 5.97 Å². The normalized spacial score (nSPS) is 9.59. The highest BCUT2D eigenvalue weighted by molar-refractivity contribution is 5.84. The molecule has 1 aromatic rings. The van der Waals surface area contributed by atoms with Crippen LogP contribution in [0.15, 0.2) is 6.20 Å². The lowest BCUT2D eigenvalue weighted by Gasteiger charge is -2.03. The van der Waals surface area contributed by atoms with Crippen molar-refractivity contribution in [1.82, 2.24) is 20.3 Å². The van der Waals surface area contributed by atoms with E-state index in [1.807, 2.05) is 0 Å². The molecule has 0 atom stereocenters. The number of nitrogens with zero attached hydrogens (tertiary/aromatic N) is 3. The molecule has 7 heteroatoms. The van der Waals surface area contributed by atoms with E-state index in [1.165, 1.54) is 10.9 Å². The van der Waals surface area contributed by atoms with Crippen molar-refractivity contribution in [2.45, 2.75) is 19.4 Å². The highest BCUT2D eigenvalue weighted by Crippen LogP contribution is 1.92. The molecule has 1 aromatic heterocycles. The van der Waals surface area contributed by atoms with E-state index in [9.17, 15) is 9.59 Å². The van der Waals surface area contributed by atoms with Crippen LogP contribution in [0.5, 0.6) is 0 Å². The van der Waals surface area contributed by atoms with Crippen LogP contribution in [0.3, 0.4) is 0 Å². The van der Waals surface area contributed by atoms with E-state index < -0.39 is 5.97 Å². The van der Waals surface area contributed by atoms with Gasteiger partial charge in [0.1, 0.15) is 0 Å². The molecular weight excluding hydrogens is 224 g/mol. The molecule has 1 amide bonds. The van der Waals surface area contributed by atoms with E-state index in [0.717, 1.165) is 0 Å². The van der Waals surface area contributed by atoms with Crippen LogP contribution in [0.25, 0.3) is 0 Å². The number of carbonyl (C=O) groups excluding carboxylic acids is 1. The third-order valence-corrected chi connectivity index (χ3v) is 1.92. The molecule has 0 aliphatic carbocycles. The number of amides is 1. The Labute approximate surface area is 97.8 Å². The summed E-state index contributed by atoms with van der Waals surface area (Å²) in [4.78, 5) is 21.7. The molecule has 0 radical (unpaired) electrons. The number of aromatic carboxylic acids is 1. The summed E-state index contributed by atoms with van der Waals surface area (Å²) in [7, 11) is 0. The van der Waals surface area contributed by atoms with Crippen LogP contribution in [-0.2, 0) is 11.3 Å². The molecule has 1 heterocycles. The highest BCUT2D eigenvalue weighted by Gasteiger charge is 2.07. The molecule has 2 N–H and O–H groups in total. The van der Waals surface area contributed by atoms with Gasteiger partial charge in [0.05, 0.1) is 12.7 Å². The van der Waals surface area contributed by atoms with E-state index in [0.29, 0.717) is 19.5 Å². The van der Waals surface area contributed by atoms with Gasteiger partial charge in [-0.2, -0.15) is 0 Å². The smallest absolute Gasteiger partial charge is 0.358 e. The van der Waals surface area contributed by atoms with E-state index in [2.05, 4.69) is 21.5 Å². The van der Waals surface area contributed by atoms with Crippen LogP contribution in [0, 0.1) is 12.3 Å². The molecule has 0 fully saturated rings. The molecule has 90 valence electrons. The fourth-order valence-electron chi connectivity index (χ4n) is 1.09. The average Bonchev–Trinajstić information content (AvgIpc) is 2.75. The molecule has 0 spiro atoms. The zero-order valence-corrected chi connectivity index (χ0v) is 9.09. The molecule has 0 unspecified atom stereocenters. The summed E-state index contributed by atoms with van der Waals surface area (Å²) in [5.74, 6) is 1.10. The first-order chi connectivity index (χ1) is 8.13. The van der Waals surface area contributed by atoms with Gasteiger partial charge in [-0.25, -0.2) is 9.48 Å². The Morgan fingerprint density at radius 2 is 2.35 bits per heavy atom. The summed E-state index contributed by atoms with van der Waals surface area (Å²) in [5.41, 5.74) is -0.122. The van der Waals surface area contributed by atoms with Crippen molar-refractivity contribution >= 4 is 11.9 Å². The maximum Gasteiger partial charge on any atom is 0.358 e. The van der Waals surface area contributed by atoms with Gasteiger partial charge < -0.3 is 10.4 Å². The number of carbonyl (C=O) groups is 2.